The molecule has 0 aliphatic carbocycles. The van der Waals surface area contributed by atoms with Crippen LogP contribution in [-0.2, 0) is 0 Å². The standard InChI is InChI=1S/C18H16N2O/c1-12-4-3-5-13(2)17(12)20-18(21)15-6-7-16-11-19-9-8-14(16)10-15/h3-11H,1-2H3,(H,20,21). The first-order valence-corrected chi connectivity index (χ1v) is 6.86. The third-order valence-electron chi connectivity index (χ3n) is 3.62. The van der Waals surface area contributed by atoms with Crippen molar-refractivity contribution < 1.29 is 4.79 Å². The average molecular weight is 276 g/mol. The van der Waals surface area contributed by atoms with Gasteiger partial charge in [0.1, 0.15) is 0 Å². The highest BCUT2D eigenvalue weighted by Gasteiger charge is 2.10. The molecule has 3 rings (SSSR count). The highest BCUT2D eigenvalue weighted by Crippen LogP contribution is 2.21. The molecule has 0 spiro atoms. The Kier molecular flexibility index (Phi) is 3.40. The van der Waals surface area contributed by atoms with Crippen molar-refractivity contribution >= 4 is 22.4 Å². The van der Waals surface area contributed by atoms with Gasteiger partial charge in [-0.1, -0.05) is 24.3 Å². The summed E-state index contributed by atoms with van der Waals surface area (Å²) >= 11 is 0. The number of rotatable bonds is 2. The van der Waals surface area contributed by atoms with Gasteiger partial charge in [-0.05, 0) is 48.6 Å². The topological polar surface area (TPSA) is 42.0 Å². The summed E-state index contributed by atoms with van der Waals surface area (Å²) in [6, 6.07) is 13.5. The van der Waals surface area contributed by atoms with E-state index in [2.05, 4.69) is 10.3 Å². The van der Waals surface area contributed by atoms with Gasteiger partial charge in [-0.3, -0.25) is 9.78 Å². The van der Waals surface area contributed by atoms with E-state index in [1.54, 1.807) is 12.4 Å². The van der Waals surface area contributed by atoms with Crippen LogP contribution in [0.3, 0.4) is 0 Å². The number of aromatic nitrogens is 1. The largest absolute Gasteiger partial charge is 0.322 e. The van der Waals surface area contributed by atoms with E-state index in [0.717, 1.165) is 27.6 Å². The molecule has 0 unspecified atom stereocenters. The average Bonchev–Trinajstić information content (AvgIpc) is 2.50. The number of benzene rings is 2. The van der Waals surface area contributed by atoms with Gasteiger partial charge in [-0.15, -0.1) is 0 Å². The van der Waals surface area contributed by atoms with E-state index in [-0.39, 0.29) is 5.91 Å². The first kappa shape index (κ1) is 13.3. The Labute approximate surface area is 123 Å². The fraction of sp³-hybridized carbons (Fsp3) is 0.111. The van der Waals surface area contributed by atoms with E-state index in [9.17, 15) is 4.79 Å². The van der Waals surface area contributed by atoms with Gasteiger partial charge in [0.2, 0.25) is 0 Å². The molecule has 0 saturated heterocycles. The number of aryl methyl sites for hydroxylation is 2. The number of pyridine rings is 1. The van der Waals surface area contributed by atoms with Crippen molar-refractivity contribution in [3.8, 4) is 0 Å². The van der Waals surface area contributed by atoms with Gasteiger partial charge in [0, 0.05) is 29.0 Å². The number of anilines is 1. The lowest BCUT2D eigenvalue weighted by molar-refractivity contribution is 0.102. The number of hydrogen-bond acceptors (Lipinski definition) is 2. The van der Waals surface area contributed by atoms with Crippen molar-refractivity contribution in [1.82, 2.24) is 4.98 Å². The van der Waals surface area contributed by atoms with Gasteiger partial charge in [-0.25, -0.2) is 0 Å². The zero-order chi connectivity index (χ0) is 14.8. The van der Waals surface area contributed by atoms with E-state index in [1.165, 1.54) is 0 Å². The number of carbonyl (C=O) groups excluding carboxylic acids is 1. The van der Waals surface area contributed by atoms with Gasteiger partial charge in [0.25, 0.3) is 5.91 Å². The summed E-state index contributed by atoms with van der Waals surface area (Å²) in [7, 11) is 0. The van der Waals surface area contributed by atoms with Gasteiger partial charge in [-0.2, -0.15) is 0 Å². The Morgan fingerprint density at radius 3 is 2.52 bits per heavy atom. The molecular weight excluding hydrogens is 260 g/mol. The number of nitrogens with zero attached hydrogens (tertiary/aromatic N) is 1. The second-order valence-corrected chi connectivity index (χ2v) is 5.16. The molecule has 21 heavy (non-hydrogen) atoms. The third-order valence-corrected chi connectivity index (χ3v) is 3.62. The molecule has 104 valence electrons. The fourth-order valence-corrected chi connectivity index (χ4v) is 2.42. The van der Waals surface area contributed by atoms with Gasteiger partial charge >= 0.3 is 0 Å². The minimum absolute atomic E-state index is 0.0916. The highest BCUT2D eigenvalue weighted by molar-refractivity contribution is 6.07. The maximum Gasteiger partial charge on any atom is 0.255 e. The SMILES string of the molecule is Cc1cccc(C)c1NC(=O)c1ccc2cnccc2c1. The quantitative estimate of drug-likeness (QED) is 0.765. The van der Waals surface area contributed by atoms with Gasteiger partial charge in [0.15, 0.2) is 0 Å². The fourth-order valence-electron chi connectivity index (χ4n) is 2.42. The third kappa shape index (κ3) is 2.63. The molecule has 3 nitrogen and oxygen atoms in total. The second kappa shape index (κ2) is 5.37. The lowest BCUT2D eigenvalue weighted by atomic mass is 10.1. The molecule has 0 saturated carbocycles. The number of hydrogen-bond donors (Lipinski definition) is 1. The van der Waals surface area contributed by atoms with Crippen LogP contribution in [0.4, 0.5) is 5.69 Å². The summed E-state index contributed by atoms with van der Waals surface area (Å²) in [5.74, 6) is -0.0916. The van der Waals surface area contributed by atoms with Crippen LogP contribution in [0.25, 0.3) is 10.8 Å². The molecule has 3 heteroatoms. The van der Waals surface area contributed by atoms with Crippen LogP contribution in [0.15, 0.2) is 54.9 Å². The molecule has 1 heterocycles. The van der Waals surface area contributed by atoms with Crippen LogP contribution in [-0.4, -0.2) is 10.9 Å². The minimum Gasteiger partial charge on any atom is -0.322 e. The number of amides is 1. The molecular formula is C18H16N2O. The van der Waals surface area contributed by atoms with E-state index in [1.807, 2.05) is 56.3 Å². The highest BCUT2D eigenvalue weighted by atomic mass is 16.1. The van der Waals surface area contributed by atoms with Crippen molar-refractivity contribution in [1.29, 1.82) is 0 Å². The lowest BCUT2D eigenvalue weighted by Gasteiger charge is -2.11. The molecule has 0 atom stereocenters. The summed E-state index contributed by atoms with van der Waals surface area (Å²) in [4.78, 5) is 16.5. The van der Waals surface area contributed by atoms with Crippen LogP contribution < -0.4 is 5.32 Å². The monoisotopic (exact) mass is 276 g/mol. The lowest BCUT2D eigenvalue weighted by Crippen LogP contribution is -2.13. The van der Waals surface area contributed by atoms with Crippen molar-refractivity contribution in [2.75, 3.05) is 5.32 Å². The van der Waals surface area contributed by atoms with Crippen LogP contribution in [0, 0.1) is 13.8 Å². The van der Waals surface area contributed by atoms with Crippen LogP contribution in [0.1, 0.15) is 21.5 Å². The summed E-state index contributed by atoms with van der Waals surface area (Å²) in [5, 5.41) is 5.05. The molecule has 1 N–H and O–H groups in total. The summed E-state index contributed by atoms with van der Waals surface area (Å²) in [6.45, 7) is 3.99. The first-order chi connectivity index (χ1) is 10.1. The van der Waals surface area contributed by atoms with Crippen LogP contribution >= 0.6 is 0 Å². The molecule has 0 aliphatic rings. The summed E-state index contributed by atoms with van der Waals surface area (Å²) in [6.07, 6.45) is 3.53. The van der Waals surface area contributed by atoms with Crippen molar-refractivity contribution in [2.45, 2.75) is 13.8 Å². The molecule has 1 amide bonds. The molecule has 3 aromatic rings. The Hall–Kier alpha value is -2.68. The normalized spacial score (nSPS) is 10.6. The zero-order valence-electron chi connectivity index (χ0n) is 12.1. The molecule has 0 bridgehead atoms. The van der Waals surface area contributed by atoms with E-state index < -0.39 is 0 Å². The Morgan fingerprint density at radius 2 is 1.76 bits per heavy atom. The van der Waals surface area contributed by atoms with E-state index in [0.29, 0.717) is 5.56 Å². The first-order valence-electron chi connectivity index (χ1n) is 6.86. The molecule has 0 radical (unpaired) electrons. The van der Waals surface area contributed by atoms with Crippen molar-refractivity contribution in [3.63, 3.8) is 0 Å². The number of fused-ring (bicyclic) bond motifs is 1. The number of para-hydroxylation sites is 1. The zero-order valence-corrected chi connectivity index (χ0v) is 12.1. The number of carbonyl (C=O) groups is 1. The second-order valence-electron chi connectivity index (χ2n) is 5.16. The predicted octanol–water partition coefficient (Wildman–Crippen LogP) is 4.10. The van der Waals surface area contributed by atoms with E-state index >= 15 is 0 Å². The Morgan fingerprint density at radius 1 is 1.00 bits per heavy atom. The maximum atomic E-state index is 12.4. The molecule has 0 fully saturated rings. The van der Waals surface area contributed by atoms with Crippen molar-refractivity contribution in [2.24, 2.45) is 0 Å². The Balaban J connectivity index is 1.94. The molecule has 2 aromatic carbocycles. The Bertz CT molecular complexity index is 804. The summed E-state index contributed by atoms with van der Waals surface area (Å²) < 4.78 is 0. The van der Waals surface area contributed by atoms with Gasteiger partial charge in [0.05, 0.1) is 0 Å². The summed E-state index contributed by atoms with van der Waals surface area (Å²) in [5.41, 5.74) is 3.66. The van der Waals surface area contributed by atoms with Crippen LogP contribution in [0.5, 0.6) is 0 Å². The van der Waals surface area contributed by atoms with E-state index in [4.69, 9.17) is 0 Å². The van der Waals surface area contributed by atoms with Crippen molar-refractivity contribution in [3.05, 3.63) is 71.5 Å². The van der Waals surface area contributed by atoms with Gasteiger partial charge < -0.3 is 5.32 Å². The predicted molar refractivity (Wildman–Crippen MR) is 85.6 cm³/mol. The minimum atomic E-state index is -0.0916. The smallest absolute Gasteiger partial charge is 0.255 e. The maximum absolute atomic E-state index is 12.4. The van der Waals surface area contributed by atoms with Crippen LogP contribution in [0.2, 0.25) is 0 Å². The molecule has 1 aromatic heterocycles. The molecule has 0 aliphatic heterocycles. The number of nitrogens with one attached hydrogen (secondary N) is 1.